The molecule has 3 saturated heterocycles. The van der Waals surface area contributed by atoms with Crippen molar-refractivity contribution in [3.05, 3.63) is 29.3 Å². The number of alkyl halides is 1. The quantitative estimate of drug-likeness (QED) is 0.514. The van der Waals surface area contributed by atoms with E-state index in [1.807, 2.05) is 32.0 Å². The second-order valence-corrected chi connectivity index (χ2v) is 9.87. The number of aliphatic hydroxyl groups excluding tert-OH is 1. The lowest BCUT2D eigenvalue weighted by Gasteiger charge is -2.34. The second kappa shape index (κ2) is 8.18. The molecule has 3 fully saturated rings. The molecule has 31 heavy (non-hydrogen) atoms. The molecule has 9 heteroatoms. The van der Waals surface area contributed by atoms with E-state index in [-0.39, 0.29) is 35.7 Å². The molecule has 3 amide bonds. The Morgan fingerprint density at radius 1 is 1.32 bits per heavy atom. The summed E-state index contributed by atoms with van der Waals surface area (Å²) in [6, 6.07) is 4.92. The number of aliphatic hydroxyl groups is 1. The summed E-state index contributed by atoms with van der Waals surface area (Å²) in [5.74, 6) is -2.23. The number of nitrogens with one attached hydrogen (secondary N) is 2. The number of hydrogen-bond acceptors (Lipinski definition) is 5. The molecule has 3 aliphatic heterocycles. The first-order valence-corrected chi connectivity index (χ1v) is 11.5. The Hall–Kier alpha value is -1.97. The smallest absolute Gasteiger partial charge is 0.250 e. The van der Waals surface area contributed by atoms with Gasteiger partial charge in [-0.25, -0.2) is 0 Å². The van der Waals surface area contributed by atoms with Gasteiger partial charge in [-0.1, -0.05) is 28.1 Å². The molecule has 3 heterocycles. The third-order valence-electron chi connectivity index (χ3n) is 6.79. The molecule has 1 spiro atoms. The number of hydrogen-bond donors (Lipinski definition) is 3. The van der Waals surface area contributed by atoms with Gasteiger partial charge in [-0.3, -0.25) is 14.4 Å². The van der Waals surface area contributed by atoms with Gasteiger partial charge in [0.25, 0.3) is 0 Å². The van der Waals surface area contributed by atoms with Crippen LogP contribution in [0.1, 0.15) is 24.0 Å². The zero-order valence-corrected chi connectivity index (χ0v) is 19.4. The lowest BCUT2D eigenvalue weighted by Crippen LogP contribution is -2.54. The van der Waals surface area contributed by atoms with Gasteiger partial charge in [0.05, 0.1) is 17.9 Å². The fourth-order valence-electron chi connectivity index (χ4n) is 5.45. The SMILES string of the molecule is CNC(=O)[C@H]1[C@H]2C(=O)N(CCCO)C(C(=O)Nc3cc(C)ccc3C)C23CC(Br)[C@@H]1O3. The molecule has 8 nitrogen and oxygen atoms in total. The first kappa shape index (κ1) is 22.2. The van der Waals surface area contributed by atoms with E-state index < -0.39 is 29.6 Å². The molecular weight excluding hydrogens is 466 g/mol. The maximum absolute atomic E-state index is 13.6. The standard InChI is InChI=1S/C22H28BrN3O5/c1-11-5-6-12(2)14(9-11)25-20(29)18-22-10-13(23)17(31-22)15(19(28)24-3)16(22)21(30)26(18)7-4-8-27/h5-6,9,13,15-18,27H,4,7-8,10H2,1-3H3,(H,24,28)(H,25,29)/t13?,15-,16-,17-,18?,22?/m0/s1. The van der Waals surface area contributed by atoms with Gasteiger partial charge < -0.3 is 25.4 Å². The molecule has 4 rings (SSSR count). The van der Waals surface area contributed by atoms with Gasteiger partial charge in [-0.15, -0.1) is 0 Å². The van der Waals surface area contributed by atoms with E-state index >= 15 is 0 Å². The highest BCUT2D eigenvalue weighted by atomic mass is 79.9. The third kappa shape index (κ3) is 3.37. The molecule has 6 atom stereocenters. The molecule has 0 aliphatic carbocycles. The molecule has 1 aromatic carbocycles. The van der Waals surface area contributed by atoms with Gasteiger partial charge in [0, 0.05) is 30.7 Å². The van der Waals surface area contributed by atoms with E-state index in [2.05, 4.69) is 26.6 Å². The van der Waals surface area contributed by atoms with Crippen LogP contribution < -0.4 is 10.6 Å². The van der Waals surface area contributed by atoms with Gasteiger partial charge in [0.2, 0.25) is 17.7 Å². The van der Waals surface area contributed by atoms with Gasteiger partial charge in [-0.2, -0.15) is 0 Å². The molecule has 3 aliphatic rings. The van der Waals surface area contributed by atoms with Crippen molar-refractivity contribution in [2.45, 2.75) is 49.3 Å². The number of aryl methyl sites for hydroxylation is 2. The van der Waals surface area contributed by atoms with Crippen LogP contribution in [-0.2, 0) is 19.1 Å². The van der Waals surface area contributed by atoms with Crippen molar-refractivity contribution in [2.75, 3.05) is 25.5 Å². The van der Waals surface area contributed by atoms with Gasteiger partial charge in [0.15, 0.2) is 0 Å². The van der Waals surface area contributed by atoms with E-state index in [1.165, 1.54) is 11.9 Å². The molecule has 3 N–H and O–H groups in total. The number of nitrogens with zero attached hydrogens (tertiary/aromatic N) is 1. The van der Waals surface area contributed by atoms with E-state index in [4.69, 9.17) is 4.74 Å². The van der Waals surface area contributed by atoms with Crippen molar-refractivity contribution in [1.82, 2.24) is 10.2 Å². The Morgan fingerprint density at radius 2 is 2.06 bits per heavy atom. The van der Waals surface area contributed by atoms with Crippen LogP contribution in [0.4, 0.5) is 5.69 Å². The Bertz CT molecular complexity index is 924. The van der Waals surface area contributed by atoms with Crippen molar-refractivity contribution >= 4 is 39.3 Å². The Morgan fingerprint density at radius 3 is 2.74 bits per heavy atom. The molecule has 0 radical (unpaired) electrons. The maximum Gasteiger partial charge on any atom is 0.250 e. The van der Waals surface area contributed by atoms with Crippen LogP contribution >= 0.6 is 15.9 Å². The maximum atomic E-state index is 13.6. The summed E-state index contributed by atoms with van der Waals surface area (Å²) in [6.07, 6.45) is 0.334. The predicted octanol–water partition coefficient (Wildman–Crippen LogP) is 1.12. The van der Waals surface area contributed by atoms with E-state index in [1.54, 1.807) is 0 Å². The zero-order chi connectivity index (χ0) is 22.5. The average Bonchev–Trinajstić information content (AvgIpc) is 3.32. The van der Waals surface area contributed by atoms with Gasteiger partial charge in [0.1, 0.15) is 11.6 Å². The molecule has 1 aromatic rings. The highest BCUT2D eigenvalue weighted by Gasteiger charge is 2.76. The summed E-state index contributed by atoms with van der Waals surface area (Å²) < 4.78 is 6.34. The molecule has 168 valence electrons. The summed E-state index contributed by atoms with van der Waals surface area (Å²) in [5, 5.41) is 15.0. The van der Waals surface area contributed by atoms with Crippen LogP contribution in [0.2, 0.25) is 0 Å². The van der Waals surface area contributed by atoms with Crippen LogP contribution in [0.3, 0.4) is 0 Å². The number of carbonyl (C=O) groups excluding carboxylic acids is 3. The summed E-state index contributed by atoms with van der Waals surface area (Å²) >= 11 is 3.62. The second-order valence-electron chi connectivity index (χ2n) is 8.69. The van der Waals surface area contributed by atoms with Crippen molar-refractivity contribution < 1.29 is 24.2 Å². The summed E-state index contributed by atoms with van der Waals surface area (Å²) in [5.41, 5.74) is 1.53. The number of fused-ring (bicyclic) bond motifs is 1. The highest BCUT2D eigenvalue weighted by molar-refractivity contribution is 9.09. The lowest BCUT2D eigenvalue weighted by atomic mass is 9.70. The summed E-state index contributed by atoms with van der Waals surface area (Å²) in [4.78, 5) is 41.2. The van der Waals surface area contributed by atoms with Crippen molar-refractivity contribution in [3.63, 3.8) is 0 Å². The van der Waals surface area contributed by atoms with E-state index in [9.17, 15) is 19.5 Å². The Balaban J connectivity index is 1.73. The fraction of sp³-hybridized carbons (Fsp3) is 0.591. The Labute approximate surface area is 189 Å². The average molecular weight is 494 g/mol. The highest BCUT2D eigenvalue weighted by Crippen LogP contribution is 2.60. The van der Waals surface area contributed by atoms with Crippen LogP contribution in [0.25, 0.3) is 0 Å². The molecule has 0 aromatic heterocycles. The van der Waals surface area contributed by atoms with Crippen molar-refractivity contribution in [1.29, 1.82) is 0 Å². The fourth-order valence-corrected chi connectivity index (χ4v) is 6.39. The van der Waals surface area contributed by atoms with Crippen molar-refractivity contribution in [2.24, 2.45) is 11.8 Å². The lowest BCUT2D eigenvalue weighted by molar-refractivity contribution is -0.140. The van der Waals surface area contributed by atoms with Crippen LogP contribution in [0.15, 0.2) is 18.2 Å². The van der Waals surface area contributed by atoms with Crippen molar-refractivity contribution in [3.8, 4) is 0 Å². The number of amides is 3. The number of benzene rings is 1. The van der Waals surface area contributed by atoms with Gasteiger partial charge >= 0.3 is 0 Å². The number of rotatable bonds is 6. The van der Waals surface area contributed by atoms with E-state index in [0.717, 1.165) is 11.1 Å². The summed E-state index contributed by atoms with van der Waals surface area (Å²) in [6.45, 7) is 3.98. The minimum absolute atomic E-state index is 0.101. The Kier molecular flexibility index (Phi) is 5.87. The minimum atomic E-state index is -1.08. The molecule has 0 saturated carbocycles. The number of carbonyl (C=O) groups is 3. The first-order valence-electron chi connectivity index (χ1n) is 10.6. The minimum Gasteiger partial charge on any atom is -0.396 e. The number of ether oxygens (including phenoxy) is 1. The predicted molar refractivity (Wildman–Crippen MR) is 118 cm³/mol. The number of anilines is 1. The van der Waals surface area contributed by atoms with Crippen LogP contribution in [-0.4, -0.2) is 70.5 Å². The monoisotopic (exact) mass is 493 g/mol. The van der Waals surface area contributed by atoms with Crippen LogP contribution in [0, 0.1) is 25.7 Å². The topological polar surface area (TPSA) is 108 Å². The normalized spacial score (nSPS) is 33.5. The largest absolute Gasteiger partial charge is 0.396 e. The number of likely N-dealkylation sites (tertiary alicyclic amines) is 1. The van der Waals surface area contributed by atoms with Gasteiger partial charge in [-0.05, 0) is 43.9 Å². The summed E-state index contributed by atoms with van der Waals surface area (Å²) in [7, 11) is 1.54. The zero-order valence-electron chi connectivity index (χ0n) is 17.9. The van der Waals surface area contributed by atoms with E-state index in [0.29, 0.717) is 18.5 Å². The first-order chi connectivity index (χ1) is 14.7. The molecular formula is C22H28BrN3O5. The molecule has 2 bridgehead atoms. The van der Waals surface area contributed by atoms with Crippen LogP contribution in [0.5, 0.6) is 0 Å². The number of halogens is 1. The third-order valence-corrected chi connectivity index (χ3v) is 7.64. The molecule has 3 unspecified atom stereocenters.